The summed E-state index contributed by atoms with van der Waals surface area (Å²) in [5.41, 5.74) is 21.9. The third-order valence-corrected chi connectivity index (χ3v) is 12.3. The quantitative estimate of drug-likeness (QED) is 0.174. The largest absolute Gasteiger partial charge is 0.310 e. The average Bonchev–Trinajstić information content (AvgIpc) is 3.72. The smallest absolute Gasteiger partial charge is 0.0726 e. The summed E-state index contributed by atoms with van der Waals surface area (Å²) >= 11 is 0. The average molecular weight is 690 g/mol. The van der Waals surface area contributed by atoms with Crippen LogP contribution in [0.3, 0.4) is 0 Å². The van der Waals surface area contributed by atoms with Crippen LogP contribution >= 0.6 is 0 Å². The molecule has 1 nitrogen and oxygen atoms in total. The van der Waals surface area contributed by atoms with Gasteiger partial charge in [-0.15, -0.1) is 0 Å². The van der Waals surface area contributed by atoms with E-state index in [1.165, 1.54) is 97.2 Å². The lowest BCUT2D eigenvalue weighted by Gasteiger charge is -2.32. The molecule has 0 saturated carbocycles. The number of fused-ring (bicyclic) bond motifs is 11. The lowest BCUT2D eigenvalue weighted by molar-refractivity contribution is 0.687. The van der Waals surface area contributed by atoms with Crippen LogP contribution in [-0.4, -0.2) is 0 Å². The molecule has 0 N–H and O–H groups in total. The van der Waals surface area contributed by atoms with Crippen molar-refractivity contribution in [2.45, 2.75) is 31.1 Å². The number of benzene rings is 8. The van der Waals surface area contributed by atoms with Gasteiger partial charge in [0, 0.05) is 16.9 Å². The molecule has 3 aliphatic rings. The number of hydrogen-bond acceptors (Lipinski definition) is 1. The van der Waals surface area contributed by atoms with Crippen LogP contribution in [-0.2, 0) is 18.3 Å². The second-order valence-corrected chi connectivity index (χ2v) is 15.0. The van der Waals surface area contributed by atoms with Crippen LogP contribution in [0.5, 0.6) is 0 Å². The highest BCUT2D eigenvalue weighted by Crippen LogP contribution is 2.63. The zero-order valence-corrected chi connectivity index (χ0v) is 30.2. The topological polar surface area (TPSA) is 3.24 Å². The Hall–Kier alpha value is -6.44. The summed E-state index contributed by atoms with van der Waals surface area (Å²) in [5, 5.41) is 0. The van der Waals surface area contributed by atoms with E-state index in [2.05, 4.69) is 193 Å². The van der Waals surface area contributed by atoms with Gasteiger partial charge in [-0.1, -0.05) is 158 Å². The van der Waals surface area contributed by atoms with Crippen molar-refractivity contribution in [3.05, 3.63) is 221 Å². The monoisotopic (exact) mass is 689 g/mol. The molecule has 0 radical (unpaired) electrons. The van der Waals surface area contributed by atoms with Gasteiger partial charge in [-0.3, -0.25) is 0 Å². The van der Waals surface area contributed by atoms with Gasteiger partial charge in [-0.25, -0.2) is 0 Å². The maximum absolute atomic E-state index is 2.50. The van der Waals surface area contributed by atoms with Crippen LogP contribution in [0, 0.1) is 0 Å². The first kappa shape index (κ1) is 31.1. The molecule has 0 fully saturated rings. The summed E-state index contributed by atoms with van der Waals surface area (Å²) in [7, 11) is 0. The molecule has 8 aromatic rings. The standard InChI is InChI=1S/C53H39N/c1-2-15-37(16-3-1)43-20-9-13-28-52(43)54(39-31-29-38(30-32-39)42-24-14-18-36-17-4-5-19-41(36)42)40-33-34-47-46-23-8-12-27-50(46)53(51(47)35-40)48-25-10-6-21-44(48)45-22-7-11-26-49(45)53/h1-3,6-16,18,20-35H,4-5,17,19H2. The van der Waals surface area contributed by atoms with Gasteiger partial charge in [0.2, 0.25) is 0 Å². The number of anilines is 3. The molecule has 0 unspecified atom stereocenters. The van der Waals surface area contributed by atoms with Crippen LogP contribution < -0.4 is 4.90 Å². The molecule has 0 amide bonds. The van der Waals surface area contributed by atoms with E-state index in [0.29, 0.717) is 0 Å². The van der Waals surface area contributed by atoms with E-state index in [1.807, 2.05) is 0 Å². The Balaban J connectivity index is 1.14. The van der Waals surface area contributed by atoms with Gasteiger partial charge in [0.05, 0.1) is 11.1 Å². The lowest BCUT2D eigenvalue weighted by Crippen LogP contribution is -2.26. The maximum Gasteiger partial charge on any atom is 0.0726 e. The number of hydrogen-bond donors (Lipinski definition) is 0. The molecule has 1 spiro atoms. The Kier molecular flexibility index (Phi) is 7.10. The van der Waals surface area contributed by atoms with Crippen LogP contribution in [0.25, 0.3) is 44.5 Å². The fraction of sp³-hybridized carbons (Fsp3) is 0.0943. The molecular formula is C53H39N. The molecule has 1 heteroatoms. The predicted octanol–water partition coefficient (Wildman–Crippen LogP) is 13.7. The first-order valence-electron chi connectivity index (χ1n) is 19.4. The van der Waals surface area contributed by atoms with Crippen molar-refractivity contribution in [2.24, 2.45) is 0 Å². The minimum atomic E-state index is -0.407. The molecule has 8 aromatic carbocycles. The molecule has 3 aliphatic carbocycles. The van der Waals surface area contributed by atoms with Gasteiger partial charge in [-0.05, 0) is 128 Å². The van der Waals surface area contributed by atoms with Crippen molar-refractivity contribution < 1.29 is 0 Å². The van der Waals surface area contributed by atoms with Gasteiger partial charge < -0.3 is 4.90 Å². The summed E-state index contributed by atoms with van der Waals surface area (Å²) in [6, 6.07) is 70.3. The molecule has 0 heterocycles. The number of rotatable bonds is 5. The summed E-state index contributed by atoms with van der Waals surface area (Å²) in [6.07, 6.45) is 4.90. The Morgan fingerprint density at radius 3 is 1.56 bits per heavy atom. The summed E-state index contributed by atoms with van der Waals surface area (Å²) in [5.74, 6) is 0. The Morgan fingerprint density at radius 2 is 0.870 bits per heavy atom. The van der Waals surface area contributed by atoms with E-state index in [1.54, 1.807) is 0 Å². The van der Waals surface area contributed by atoms with Crippen LogP contribution in [0.4, 0.5) is 17.1 Å². The second kappa shape index (κ2) is 12.3. The lowest BCUT2D eigenvalue weighted by atomic mass is 9.70. The summed E-state index contributed by atoms with van der Waals surface area (Å²) in [6.45, 7) is 0. The van der Waals surface area contributed by atoms with E-state index in [-0.39, 0.29) is 0 Å². The fourth-order valence-corrected chi connectivity index (χ4v) is 10.0. The van der Waals surface area contributed by atoms with Crippen molar-refractivity contribution >= 4 is 17.1 Å². The molecule has 0 bridgehead atoms. The molecule has 0 atom stereocenters. The molecule has 0 saturated heterocycles. The van der Waals surface area contributed by atoms with Gasteiger partial charge in [-0.2, -0.15) is 0 Å². The molecule has 11 rings (SSSR count). The molecule has 0 aromatic heterocycles. The minimum Gasteiger partial charge on any atom is -0.310 e. The predicted molar refractivity (Wildman–Crippen MR) is 225 cm³/mol. The van der Waals surface area contributed by atoms with E-state index >= 15 is 0 Å². The van der Waals surface area contributed by atoms with Crippen molar-refractivity contribution in [3.63, 3.8) is 0 Å². The second-order valence-electron chi connectivity index (χ2n) is 15.0. The van der Waals surface area contributed by atoms with Crippen molar-refractivity contribution in [1.29, 1.82) is 0 Å². The Labute approximate surface area is 317 Å². The first-order chi connectivity index (χ1) is 26.8. The maximum atomic E-state index is 2.50. The fourth-order valence-electron chi connectivity index (χ4n) is 10.0. The number of para-hydroxylation sites is 1. The first-order valence-corrected chi connectivity index (χ1v) is 19.4. The SMILES string of the molecule is c1ccc(-c2ccccc2N(c2ccc(-c3cccc4c3CCCC4)cc2)c2ccc3c(c2)C2(c4ccccc4-c4ccccc42)c2ccccc2-3)cc1. The van der Waals surface area contributed by atoms with E-state index in [0.717, 1.165) is 23.5 Å². The highest BCUT2D eigenvalue weighted by molar-refractivity contribution is 5.97. The third-order valence-electron chi connectivity index (χ3n) is 12.3. The van der Waals surface area contributed by atoms with Crippen molar-refractivity contribution in [3.8, 4) is 44.5 Å². The molecule has 256 valence electrons. The Bertz CT molecular complexity index is 2660. The van der Waals surface area contributed by atoms with Gasteiger partial charge in [0.15, 0.2) is 0 Å². The number of nitrogens with zero attached hydrogens (tertiary/aromatic N) is 1. The van der Waals surface area contributed by atoms with Crippen molar-refractivity contribution in [1.82, 2.24) is 0 Å². The van der Waals surface area contributed by atoms with Gasteiger partial charge in [0.25, 0.3) is 0 Å². The third kappa shape index (κ3) is 4.51. The molecule has 0 aliphatic heterocycles. The summed E-state index contributed by atoms with van der Waals surface area (Å²) < 4.78 is 0. The highest BCUT2D eigenvalue weighted by atomic mass is 15.1. The van der Waals surface area contributed by atoms with E-state index < -0.39 is 5.41 Å². The zero-order chi connectivity index (χ0) is 35.6. The van der Waals surface area contributed by atoms with Crippen LogP contribution in [0.15, 0.2) is 188 Å². The summed E-state index contributed by atoms with van der Waals surface area (Å²) in [4.78, 5) is 2.48. The minimum absolute atomic E-state index is 0.407. The number of aryl methyl sites for hydroxylation is 1. The highest BCUT2D eigenvalue weighted by Gasteiger charge is 2.51. The van der Waals surface area contributed by atoms with Gasteiger partial charge in [0.1, 0.15) is 0 Å². The van der Waals surface area contributed by atoms with Gasteiger partial charge >= 0.3 is 0 Å². The molecular weight excluding hydrogens is 651 g/mol. The van der Waals surface area contributed by atoms with Crippen LogP contribution in [0.1, 0.15) is 46.2 Å². The zero-order valence-electron chi connectivity index (χ0n) is 30.2. The van der Waals surface area contributed by atoms with Crippen molar-refractivity contribution in [2.75, 3.05) is 4.90 Å². The Morgan fingerprint density at radius 1 is 0.352 bits per heavy atom. The molecule has 54 heavy (non-hydrogen) atoms. The van der Waals surface area contributed by atoms with E-state index in [4.69, 9.17) is 0 Å². The van der Waals surface area contributed by atoms with Crippen LogP contribution in [0.2, 0.25) is 0 Å². The normalized spacial score (nSPS) is 14.1. The van der Waals surface area contributed by atoms with E-state index in [9.17, 15) is 0 Å².